The molecule has 0 saturated carbocycles. The molecule has 26 heavy (non-hydrogen) atoms. The van der Waals surface area contributed by atoms with E-state index < -0.39 is 0 Å². The zero-order chi connectivity index (χ0) is 17.9. The molecule has 4 nitrogen and oxygen atoms in total. The third-order valence-electron chi connectivity index (χ3n) is 5.57. The maximum absolute atomic E-state index is 13.4. The summed E-state index contributed by atoms with van der Waals surface area (Å²) in [7, 11) is 0. The zero-order valence-corrected chi connectivity index (χ0v) is 15.3. The van der Waals surface area contributed by atoms with Crippen LogP contribution in [0.3, 0.4) is 0 Å². The Morgan fingerprint density at radius 2 is 1.85 bits per heavy atom. The first-order valence-corrected chi connectivity index (χ1v) is 9.57. The Bertz CT molecular complexity index is 762. The Balaban J connectivity index is 1.65. The summed E-state index contributed by atoms with van der Waals surface area (Å²) in [6, 6.07) is 18.4. The molecule has 0 bridgehead atoms. The van der Waals surface area contributed by atoms with Gasteiger partial charge in [0, 0.05) is 6.04 Å². The van der Waals surface area contributed by atoms with Gasteiger partial charge in [0.15, 0.2) is 0 Å². The summed E-state index contributed by atoms with van der Waals surface area (Å²) in [6.45, 7) is 4.20. The molecule has 0 spiro atoms. The first-order valence-electron chi connectivity index (χ1n) is 9.57. The predicted octanol–water partition coefficient (Wildman–Crippen LogP) is 4.03. The van der Waals surface area contributed by atoms with E-state index in [-0.39, 0.29) is 11.9 Å². The largest absolute Gasteiger partial charge is 0.489 e. The summed E-state index contributed by atoms with van der Waals surface area (Å²) in [6.07, 6.45) is 3.62. The van der Waals surface area contributed by atoms with Crippen LogP contribution in [-0.2, 0) is 4.79 Å². The van der Waals surface area contributed by atoms with Gasteiger partial charge in [-0.15, -0.1) is 0 Å². The number of likely N-dealkylation sites (tertiary alicyclic amines) is 1. The van der Waals surface area contributed by atoms with Crippen LogP contribution in [0.2, 0.25) is 0 Å². The Morgan fingerprint density at radius 1 is 1.08 bits per heavy atom. The first-order chi connectivity index (χ1) is 12.7. The van der Waals surface area contributed by atoms with Gasteiger partial charge in [-0.3, -0.25) is 14.6 Å². The molecule has 0 unspecified atom stereocenters. The molecule has 4 rings (SSSR count). The molecule has 2 aliphatic heterocycles. The number of carbonyl (C=O) groups excluding carboxylic acids is 1. The molecule has 1 amide bonds. The third-order valence-corrected chi connectivity index (χ3v) is 5.57. The van der Waals surface area contributed by atoms with Crippen molar-refractivity contribution >= 4 is 11.6 Å². The summed E-state index contributed by atoms with van der Waals surface area (Å²) in [5.74, 6) is 0.947. The van der Waals surface area contributed by atoms with Crippen molar-refractivity contribution < 1.29 is 9.53 Å². The number of hydrogen-bond donors (Lipinski definition) is 0. The molecule has 136 valence electrons. The molecule has 0 radical (unpaired) electrons. The van der Waals surface area contributed by atoms with Crippen molar-refractivity contribution in [2.45, 2.75) is 38.3 Å². The second kappa shape index (κ2) is 7.50. The van der Waals surface area contributed by atoms with Gasteiger partial charge in [-0.05, 0) is 44.0 Å². The van der Waals surface area contributed by atoms with Crippen LogP contribution in [0.25, 0.3) is 0 Å². The maximum atomic E-state index is 13.4. The fourth-order valence-electron chi connectivity index (χ4n) is 4.06. The van der Waals surface area contributed by atoms with Gasteiger partial charge in [0.1, 0.15) is 12.4 Å². The monoisotopic (exact) mass is 350 g/mol. The van der Waals surface area contributed by atoms with Crippen LogP contribution in [0.1, 0.15) is 37.8 Å². The van der Waals surface area contributed by atoms with Gasteiger partial charge < -0.3 is 4.74 Å². The molecule has 2 heterocycles. The number of carbonyl (C=O) groups is 1. The highest BCUT2D eigenvalue weighted by molar-refractivity contribution is 5.97. The highest BCUT2D eigenvalue weighted by Gasteiger charge is 2.34. The minimum absolute atomic E-state index is 0.0845. The van der Waals surface area contributed by atoms with E-state index in [4.69, 9.17) is 4.74 Å². The van der Waals surface area contributed by atoms with Crippen LogP contribution in [0.15, 0.2) is 54.6 Å². The molecule has 2 aromatic rings. The Hall–Kier alpha value is -2.33. The number of nitrogens with zero attached hydrogens (tertiary/aromatic N) is 2. The Morgan fingerprint density at radius 3 is 2.65 bits per heavy atom. The van der Waals surface area contributed by atoms with Gasteiger partial charge in [0.25, 0.3) is 0 Å². The van der Waals surface area contributed by atoms with Crippen molar-refractivity contribution in [3.8, 4) is 5.75 Å². The average Bonchev–Trinajstić information content (AvgIpc) is 2.69. The molecule has 0 aliphatic carbocycles. The molecule has 2 aliphatic rings. The van der Waals surface area contributed by atoms with Gasteiger partial charge in [-0.25, -0.2) is 0 Å². The normalized spacial score (nSPS) is 23.2. The average molecular weight is 350 g/mol. The second-order valence-corrected chi connectivity index (χ2v) is 7.28. The summed E-state index contributed by atoms with van der Waals surface area (Å²) in [5.41, 5.74) is 1.99. The van der Waals surface area contributed by atoms with Crippen molar-refractivity contribution in [3.63, 3.8) is 0 Å². The number of para-hydroxylation sites is 2. The van der Waals surface area contributed by atoms with Crippen LogP contribution in [0.5, 0.6) is 5.75 Å². The lowest BCUT2D eigenvalue weighted by Crippen LogP contribution is -2.49. The lowest BCUT2D eigenvalue weighted by atomic mass is 10.0. The third kappa shape index (κ3) is 3.34. The van der Waals surface area contributed by atoms with Crippen LogP contribution >= 0.6 is 0 Å². The molecule has 2 atom stereocenters. The molecular formula is C22H26N2O2. The Labute approximate surface area is 155 Å². The summed E-state index contributed by atoms with van der Waals surface area (Å²) in [4.78, 5) is 17.7. The fourth-order valence-corrected chi connectivity index (χ4v) is 4.06. The maximum Gasteiger partial charge on any atom is 0.241 e. The number of fused-ring (bicyclic) bond motifs is 1. The van der Waals surface area contributed by atoms with Gasteiger partial charge in [0.05, 0.1) is 18.3 Å². The van der Waals surface area contributed by atoms with Crippen molar-refractivity contribution in [2.24, 2.45) is 0 Å². The van der Waals surface area contributed by atoms with E-state index >= 15 is 0 Å². The lowest BCUT2D eigenvalue weighted by Gasteiger charge is -2.40. The van der Waals surface area contributed by atoms with E-state index in [0.717, 1.165) is 23.5 Å². The number of amides is 1. The number of ether oxygens (including phenoxy) is 1. The zero-order valence-electron chi connectivity index (χ0n) is 15.3. The van der Waals surface area contributed by atoms with E-state index in [9.17, 15) is 4.79 Å². The highest BCUT2D eigenvalue weighted by Crippen LogP contribution is 2.39. The molecule has 4 heteroatoms. The topological polar surface area (TPSA) is 32.8 Å². The summed E-state index contributed by atoms with van der Waals surface area (Å²) >= 11 is 0. The highest BCUT2D eigenvalue weighted by atomic mass is 16.5. The number of rotatable bonds is 3. The quantitative estimate of drug-likeness (QED) is 0.838. The number of piperidine rings is 1. The van der Waals surface area contributed by atoms with Crippen molar-refractivity contribution in [3.05, 3.63) is 60.2 Å². The SMILES string of the molecule is C[C@H]1CCCCN1CC(=O)N1c2ccccc2OC[C@@H]1c1ccccc1. The first kappa shape index (κ1) is 17.1. The van der Waals surface area contributed by atoms with Crippen LogP contribution in [-0.4, -0.2) is 36.5 Å². The minimum atomic E-state index is -0.0845. The van der Waals surface area contributed by atoms with E-state index in [1.54, 1.807) is 0 Å². The standard InChI is InChI=1S/C22H26N2O2/c1-17-9-7-8-14-23(17)15-22(25)24-19-12-5-6-13-21(19)26-16-20(24)18-10-3-2-4-11-18/h2-6,10-13,17,20H,7-9,14-16H2,1H3/t17-,20+/m0/s1. The molecule has 1 saturated heterocycles. The number of anilines is 1. The van der Waals surface area contributed by atoms with Crippen molar-refractivity contribution in [1.82, 2.24) is 4.90 Å². The smallest absolute Gasteiger partial charge is 0.241 e. The van der Waals surface area contributed by atoms with E-state index in [1.165, 1.54) is 19.3 Å². The Kier molecular flexibility index (Phi) is 4.93. The lowest BCUT2D eigenvalue weighted by molar-refractivity contribution is -0.121. The number of benzene rings is 2. The van der Waals surface area contributed by atoms with Gasteiger partial charge in [-0.2, -0.15) is 0 Å². The molecule has 1 fully saturated rings. The molecule has 0 aromatic heterocycles. The molecule has 0 N–H and O–H groups in total. The van der Waals surface area contributed by atoms with E-state index in [0.29, 0.717) is 19.2 Å². The molecule has 2 aromatic carbocycles. The predicted molar refractivity (Wildman–Crippen MR) is 103 cm³/mol. The molecular weight excluding hydrogens is 324 g/mol. The van der Waals surface area contributed by atoms with Crippen LogP contribution in [0.4, 0.5) is 5.69 Å². The minimum Gasteiger partial charge on any atom is -0.489 e. The van der Waals surface area contributed by atoms with Gasteiger partial charge >= 0.3 is 0 Å². The summed E-state index contributed by atoms with van der Waals surface area (Å²) < 4.78 is 5.97. The van der Waals surface area contributed by atoms with Gasteiger partial charge in [0.2, 0.25) is 5.91 Å². The fraction of sp³-hybridized carbons (Fsp3) is 0.409. The van der Waals surface area contributed by atoms with Crippen LogP contribution in [0, 0.1) is 0 Å². The van der Waals surface area contributed by atoms with E-state index in [1.807, 2.05) is 47.4 Å². The van der Waals surface area contributed by atoms with Crippen molar-refractivity contribution in [2.75, 3.05) is 24.6 Å². The van der Waals surface area contributed by atoms with Crippen molar-refractivity contribution in [1.29, 1.82) is 0 Å². The second-order valence-electron chi connectivity index (χ2n) is 7.28. The summed E-state index contributed by atoms with van der Waals surface area (Å²) in [5, 5.41) is 0. The number of hydrogen-bond acceptors (Lipinski definition) is 3. The van der Waals surface area contributed by atoms with Gasteiger partial charge in [-0.1, -0.05) is 48.9 Å². The van der Waals surface area contributed by atoms with Crippen LogP contribution < -0.4 is 9.64 Å². The van der Waals surface area contributed by atoms with E-state index in [2.05, 4.69) is 24.0 Å².